The highest BCUT2D eigenvalue weighted by molar-refractivity contribution is 5.84. The summed E-state index contributed by atoms with van der Waals surface area (Å²) < 4.78 is 23.3. The van der Waals surface area contributed by atoms with Crippen LogP contribution in [0.1, 0.15) is 29.5 Å². The molecule has 0 saturated carbocycles. The zero-order valence-corrected chi connectivity index (χ0v) is 18.1. The summed E-state index contributed by atoms with van der Waals surface area (Å²) in [4.78, 5) is 13.2. The Kier molecular flexibility index (Phi) is 6.12. The van der Waals surface area contributed by atoms with E-state index >= 15 is 0 Å². The first kappa shape index (κ1) is 20.8. The molecule has 5 heteroatoms. The Morgan fingerprint density at radius 2 is 1.61 bits per heavy atom. The molecule has 0 N–H and O–H groups in total. The molecule has 0 amide bonds. The number of fused-ring (bicyclic) bond motifs is 1. The molecule has 2 aromatic carbocycles. The third-order valence-electron chi connectivity index (χ3n) is 5.10. The van der Waals surface area contributed by atoms with Crippen molar-refractivity contribution in [2.24, 2.45) is 0 Å². The molecule has 4 aromatic rings. The molecule has 0 spiro atoms. The van der Waals surface area contributed by atoms with E-state index in [1.54, 1.807) is 18.4 Å². The predicted molar refractivity (Wildman–Crippen MR) is 121 cm³/mol. The molecule has 2 heterocycles. The molecule has 2 aromatic heterocycles. The van der Waals surface area contributed by atoms with Gasteiger partial charge in [0, 0.05) is 0 Å². The van der Waals surface area contributed by atoms with Crippen LogP contribution in [0.3, 0.4) is 0 Å². The van der Waals surface area contributed by atoms with Crippen molar-refractivity contribution in [1.82, 2.24) is 0 Å². The van der Waals surface area contributed by atoms with Crippen LogP contribution in [-0.4, -0.2) is 13.2 Å². The minimum absolute atomic E-state index is 0.185. The van der Waals surface area contributed by atoms with Crippen LogP contribution in [0.5, 0.6) is 11.5 Å². The number of aryl methyl sites for hydroxylation is 3. The molecule has 5 nitrogen and oxygen atoms in total. The van der Waals surface area contributed by atoms with Gasteiger partial charge >= 0.3 is 0 Å². The zero-order valence-electron chi connectivity index (χ0n) is 18.1. The zero-order chi connectivity index (χ0) is 21.8. The smallest absolute Gasteiger partial charge is 0.235 e. The van der Waals surface area contributed by atoms with Crippen LogP contribution in [0, 0.1) is 20.8 Å². The van der Waals surface area contributed by atoms with Gasteiger partial charge in [0.05, 0.1) is 24.9 Å². The van der Waals surface area contributed by atoms with Gasteiger partial charge in [-0.1, -0.05) is 23.8 Å². The Morgan fingerprint density at radius 3 is 2.32 bits per heavy atom. The van der Waals surface area contributed by atoms with Gasteiger partial charge in [0.1, 0.15) is 11.3 Å². The second-order valence-corrected chi connectivity index (χ2v) is 7.74. The van der Waals surface area contributed by atoms with Gasteiger partial charge in [-0.25, -0.2) is 0 Å². The number of hydrogen-bond donors (Lipinski definition) is 0. The highest BCUT2D eigenvalue weighted by Gasteiger charge is 2.20. The number of unbranched alkanes of at least 4 members (excludes halogenated alkanes) is 1. The van der Waals surface area contributed by atoms with E-state index in [2.05, 4.69) is 0 Å². The average Bonchev–Trinajstić information content (AvgIpc) is 3.28. The lowest BCUT2D eigenvalue weighted by molar-refractivity contribution is 0.262. The van der Waals surface area contributed by atoms with Crippen LogP contribution in [0.25, 0.3) is 22.5 Å². The first-order valence-corrected chi connectivity index (χ1v) is 10.5. The molecule has 31 heavy (non-hydrogen) atoms. The van der Waals surface area contributed by atoms with Gasteiger partial charge in [0.2, 0.25) is 16.9 Å². The second kappa shape index (κ2) is 9.13. The lowest BCUT2D eigenvalue weighted by Crippen LogP contribution is -2.12. The minimum Gasteiger partial charge on any atom is -0.494 e. The third-order valence-corrected chi connectivity index (χ3v) is 5.10. The molecule has 0 bridgehead atoms. The van der Waals surface area contributed by atoms with E-state index in [0.717, 1.165) is 29.7 Å². The van der Waals surface area contributed by atoms with Crippen molar-refractivity contribution < 1.29 is 18.3 Å². The molecule has 0 radical (unpaired) electrons. The minimum atomic E-state index is -0.185. The molecule has 0 aliphatic rings. The van der Waals surface area contributed by atoms with Crippen LogP contribution in [0.4, 0.5) is 0 Å². The topological polar surface area (TPSA) is 61.8 Å². The van der Waals surface area contributed by atoms with E-state index in [9.17, 15) is 4.79 Å². The lowest BCUT2D eigenvalue weighted by Gasteiger charge is -2.12. The summed E-state index contributed by atoms with van der Waals surface area (Å²) in [5, 5.41) is 0.519. The highest BCUT2D eigenvalue weighted by Crippen LogP contribution is 2.32. The number of rotatable bonds is 8. The largest absolute Gasteiger partial charge is 0.494 e. The van der Waals surface area contributed by atoms with E-state index in [4.69, 9.17) is 18.3 Å². The number of hydrogen-bond acceptors (Lipinski definition) is 5. The monoisotopic (exact) mass is 418 g/mol. The Morgan fingerprint density at radius 1 is 0.871 bits per heavy atom. The molecule has 0 fully saturated rings. The summed E-state index contributed by atoms with van der Waals surface area (Å²) in [6.07, 6.45) is 3.10. The molecule has 0 aliphatic carbocycles. The van der Waals surface area contributed by atoms with E-state index < -0.39 is 0 Å². The van der Waals surface area contributed by atoms with Crippen LogP contribution in [0.15, 0.2) is 68.4 Å². The van der Waals surface area contributed by atoms with Crippen LogP contribution < -0.4 is 14.9 Å². The summed E-state index contributed by atoms with van der Waals surface area (Å²) in [6, 6.07) is 15.3. The summed E-state index contributed by atoms with van der Waals surface area (Å²) in [7, 11) is 0. The molecular formula is C26H26O5. The SMILES string of the molecule is Cc1ccc(OCCCCOc2c(-c3ccco3)oc3c(C)cc(C)cc3c2=O)cc1. The van der Waals surface area contributed by atoms with Crippen molar-refractivity contribution in [2.45, 2.75) is 33.6 Å². The van der Waals surface area contributed by atoms with E-state index in [1.807, 2.05) is 57.2 Å². The van der Waals surface area contributed by atoms with E-state index in [1.165, 1.54) is 5.56 Å². The maximum atomic E-state index is 13.2. The standard InChI is InChI=1S/C26H26O5/c1-17-8-10-20(11-9-17)28-12-4-5-13-30-26-23(27)21-16-18(2)15-19(3)24(21)31-25(26)22-7-6-14-29-22/h6-11,14-16H,4-5,12-13H2,1-3H3. The molecule has 0 saturated heterocycles. The molecule has 4 rings (SSSR count). The van der Waals surface area contributed by atoms with Gasteiger partial charge in [-0.15, -0.1) is 0 Å². The van der Waals surface area contributed by atoms with Gasteiger partial charge in [0.15, 0.2) is 5.76 Å². The molecule has 160 valence electrons. The van der Waals surface area contributed by atoms with Crippen molar-refractivity contribution in [3.8, 4) is 23.0 Å². The van der Waals surface area contributed by atoms with Crippen LogP contribution in [-0.2, 0) is 0 Å². The molecular weight excluding hydrogens is 392 g/mol. The van der Waals surface area contributed by atoms with Crippen molar-refractivity contribution in [3.05, 3.63) is 81.7 Å². The summed E-state index contributed by atoms with van der Waals surface area (Å²) >= 11 is 0. The van der Waals surface area contributed by atoms with Crippen LogP contribution >= 0.6 is 0 Å². The fourth-order valence-corrected chi connectivity index (χ4v) is 3.54. The van der Waals surface area contributed by atoms with E-state index in [-0.39, 0.29) is 11.2 Å². The second-order valence-electron chi connectivity index (χ2n) is 7.74. The number of furan rings is 1. The third kappa shape index (κ3) is 4.66. The van der Waals surface area contributed by atoms with Crippen LogP contribution in [0.2, 0.25) is 0 Å². The fourth-order valence-electron chi connectivity index (χ4n) is 3.54. The Bertz CT molecular complexity index is 1220. The quantitative estimate of drug-likeness (QED) is 0.318. The number of ether oxygens (including phenoxy) is 2. The normalized spacial score (nSPS) is 11.1. The van der Waals surface area contributed by atoms with Gasteiger partial charge in [-0.2, -0.15) is 0 Å². The Balaban J connectivity index is 1.48. The van der Waals surface area contributed by atoms with Crippen molar-refractivity contribution in [2.75, 3.05) is 13.2 Å². The lowest BCUT2D eigenvalue weighted by atomic mass is 10.1. The highest BCUT2D eigenvalue weighted by atomic mass is 16.5. The van der Waals surface area contributed by atoms with Crippen molar-refractivity contribution >= 4 is 11.0 Å². The molecule has 0 atom stereocenters. The summed E-state index contributed by atoms with van der Waals surface area (Å²) in [5.41, 5.74) is 3.48. The molecule has 0 aliphatic heterocycles. The van der Waals surface area contributed by atoms with Gasteiger partial charge in [0.25, 0.3) is 0 Å². The summed E-state index contributed by atoms with van der Waals surface area (Å²) in [6.45, 7) is 6.90. The fraction of sp³-hybridized carbons (Fsp3) is 0.269. The Labute approximate surface area is 181 Å². The van der Waals surface area contributed by atoms with Crippen molar-refractivity contribution in [3.63, 3.8) is 0 Å². The van der Waals surface area contributed by atoms with E-state index in [0.29, 0.717) is 35.7 Å². The van der Waals surface area contributed by atoms with Gasteiger partial charge in [-0.3, -0.25) is 4.79 Å². The first-order chi connectivity index (χ1) is 15.0. The Hall–Kier alpha value is -3.47. The predicted octanol–water partition coefficient (Wildman–Crippen LogP) is 6.22. The summed E-state index contributed by atoms with van der Waals surface area (Å²) in [5.74, 6) is 1.83. The van der Waals surface area contributed by atoms with Crippen molar-refractivity contribution in [1.29, 1.82) is 0 Å². The maximum Gasteiger partial charge on any atom is 0.235 e. The van der Waals surface area contributed by atoms with Gasteiger partial charge < -0.3 is 18.3 Å². The molecule has 0 unspecified atom stereocenters. The number of benzene rings is 2. The maximum absolute atomic E-state index is 13.2. The first-order valence-electron chi connectivity index (χ1n) is 10.5. The van der Waals surface area contributed by atoms with Gasteiger partial charge in [-0.05, 0) is 75.1 Å². The average molecular weight is 418 g/mol.